The van der Waals surface area contributed by atoms with Gasteiger partial charge in [0.05, 0.1) is 17.1 Å². The number of hydrogen-bond acceptors (Lipinski definition) is 2. The average molecular weight is 179 g/mol. The van der Waals surface area contributed by atoms with Crippen LogP contribution in [0.3, 0.4) is 0 Å². The fourth-order valence-electron chi connectivity index (χ4n) is 1.14. The minimum Gasteiger partial charge on any atom is -0.245 e. The van der Waals surface area contributed by atoms with Gasteiger partial charge in [0.15, 0.2) is 0 Å². The van der Waals surface area contributed by atoms with Crippen LogP contribution in [-0.2, 0) is 0 Å². The molecule has 0 aliphatic carbocycles. The van der Waals surface area contributed by atoms with E-state index in [-0.39, 0.29) is 0 Å². The molecule has 1 nitrogen and oxygen atoms in total. The van der Waals surface area contributed by atoms with Gasteiger partial charge in [0.25, 0.3) is 0 Å². The Labute approximate surface area is 77.5 Å². The molecule has 0 aliphatic rings. The van der Waals surface area contributed by atoms with E-state index in [0.29, 0.717) is 12.0 Å². The molecule has 1 aromatic carbocycles. The molecule has 0 atom stereocenters. The van der Waals surface area contributed by atoms with E-state index < -0.39 is 0 Å². The van der Waals surface area contributed by atoms with Crippen molar-refractivity contribution in [2.24, 2.45) is 0 Å². The fourth-order valence-corrected chi connectivity index (χ4v) is 1.84. The lowest BCUT2D eigenvalue weighted by atomic mass is 10.0. The van der Waals surface area contributed by atoms with Crippen LogP contribution >= 0.6 is 11.3 Å². The molecule has 0 saturated carbocycles. The summed E-state index contributed by atoms with van der Waals surface area (Å²) < 4.78 is 8.88. The van der Waals surface area contributed by atoms with Gasteiger partial charge in [-0.25, -0.2) is 4.98 Å². The molecule has 1 heterocycles. The van der Waals surface area contributed by atoms with Gasteiger partial charge in [-0.2, -0.15) is 0 Å². The zero-order valence-electron chi connectivity index (χ0n) is 8.16. The van der Waals surface area contributed by atoms with Crippen LogP contribution < -0.4 is 0 Å². The Balaban J connectivity index is 2.70. The van der Waals surface area contributed by atoms with Crippen LogP contribution in [0.2, 0.25) is 0 Å². The molecule has 0 bridgehead atoms. The summed E-state index contributed by atoms with van der Waals surface area (Å²) in [4.78, 5) is 4.15. The molecule has 0 spiro atoms. The van der Waals surface area contributed by atoms with E-state index >= 15 is 0 Å². The summed E-state index contributed by atoms with van der Waals surface area (Å²) in [5.41, 5.74) is 3.85. The Morgan fingerprint density at radius 2 is 2.42 bits per heavy atom. The topological polar surface area (TPSA) is 12.9 Å². The van der Waals surface area contributed by atoms with Gasteiger partial charge in [0, 0.05) is 0 Å². The number of hydrogen-bond donors (Lipinski definition) is 0. The summed E-state index contributed by atoms with van der Waals surface area (Å²) >= 11 is 1.60. The van der Waals surface area contributed by atoms with Gasteiger partial charge >= 0.3 is 0 Å². The van der Waals surface area contributed by atoms with E-state index in [2.05, 4.69) is 24.9 Å². The van der Waals surface area contributed by atoms with E-state index in [1.165, 1.54) is 5.56 Å². The first-order valence-corrected chi connectivity index (χ1v) is 4.90. The van der Waals surface area contributed by atoms with Crippen molar-refractivity contribution in [3.8, 4) is 0 Å². The molecule has 0 unspecified atom stereocenters. The first kappa shape index (κ1) is 6.61. The van der Waals surface area contributed by atoms with Crippen molar-refractivity contribution in [2.75, 3.05) is 0 Å². The summed E-state index contributed by atoms with van der Waals surface area (Å²) in [6.07, 6.45) is 0. The Morgan fingerprint density at radius 1 is 1.58 bits per heavy atom. The second-order valence-corrected chi connectivity index (χ2v) is 4.04. The van der Waals surface area contributed by atoms with E-state index in [9.17, 15) is 0 Å². The van der Waals surface area contributed by atoms with Crippen molar-refractivity contribution in [1.29, 1.82) is 0 Å². The van der Waals surface area contributed by atoms with Gasteiger partial charge in [-0.3, -0.25) is 0 Å². The van der Waals surface area contributed by atoms with Crippen LogP contribution in [0.1, 0.15) is 26.7 Å². The predicted molar refractivity (Wildman–Crippen MR) is 53.7 cm³/mol. The minimum absolute atomic E-state index is 0.482. The zero-order chi connectivity index (χ0) is 9.42. The summed E-state index contributed by atoms with van der Waals surface area (Å²) in [5, 5.41) is 0. The van der Waals surface area contributed by atoms with Crippen molar-refractivity contribution in [3.63, 3.8) is 0 Å². The van der Waals surface area contributed by atoms with Gasteiger partial charge in [-0.15, -0.1) is 11.3 Å². The van der Waals surface area contributed by atoms with Crippen molar-refractivity contribution < 1.29 is 1.37 Å². The number of rotatable bonds is 1. The highest BCUT2D eigenvalue weighted by Gasteiger charge is 2.01. The largest absolute Gasteiger partial charge is 0.245 e. The third kappa shape index (κ3) is 1.23. The van der Waals surface area contributed by atoms with Crippen molar-refractivity contribution in [3.05, 3.63) is 29.2 Å². The van der Waals surface area contributed by atoms with Gasteiger partial charge in [-0.1, -0.05) is 19.9 Å². The zero-order valence-corrected chi connectivity index (χ0v) is 7.98. The third-order valence-electron chi connectivity index (χ3n) is 1.93. The Hall–Kier alpha value is -0.890. The van der Waals surface area contributed by atoms with Gasteiger partial charge in [-0.05, 0) is 23.6 Å². The van der Waals surface area contributed by atoms with Gasteiger partial charge in [0.1, 0.15) is 0 Å². The molecule has 0 N–H and O–H groups in total. The smallest absolute Gasteiger partial charge is 0.0812 e. The van der Waals surface area contributed by atoms with Crippen molar-refractivity contribution >= 4 is 21.6 Å². The maximum Gasteiger partial charge on any atom is 0.0812 e. The number of fused-ring (bicyclic) bond motifs is 1. The van der Waals surface area contributed by atoms with E-state index in [0.717, 1.165) is 10.2 Å². The second-order valence-electron chi connectivity index (χ2n) is 3.15. The molecule has 0 fully saturated rings. The second kappa shape index (κ2) is 2.87. The summed E-state index contributed by atoms with van der Waals surface area (Å²) in [7, 11) is 0. The van der Waals surface area contributed by atoms with Crippen LogP contribution in [-0.4, -0.2) is 4.98 Å². The molecule has 12 heavy (non-hydrogen) atoms. The molecule has 0 saturated heterocycles. The maximum atomic E-state index is 7.76. The highest BCUT2D eigenvalue weighted by molar-refractivity contribution is 7.16. The lowest BCUT2D eigenvalue weighted by Crippen LogP contribution is -1.84. The number of benzene rings is 1. The first-order chi connectivity index (χ1) is 6.18. The number of nitrogens with zero attached hydrogens (tertiary/aromatic N) is 1. The van der Waals surface area contributed by atoms with E-state index in [4.69, 9.17) is 1.37 Å². The lowest BCUT2D eigenvalue weighted by Gasteiger charge is -2.03. The van der Waals surface area contributed by atoms with Gasteiger partial charge < -0.3 is 0 Å². The molecule has 2 rings (SSSR count). The van der Waals surface area contributed by atoms with Crippen LogP contribution in [0.4, 0.5) is 0 Å². The molecular formula is C10H11NS. The normalized spacial score (nSPS) is 12.4. The molecule has 62 valence electrons. The molecule has 1 aromatic heterocycles. The predicted octanol–water partition coefficient (Wildman–Crippen LogP) is 3.42. The summed E-state index contributed by atoms with van der Waals surface area (Å²) in [5.74, 6) is 0.482. The van der Waals surface area contributed by atoms with E-state index in [1.807, 2.05) is 6.07 Å². The van der Waals surface area contributed by atoms with Crippen LogP contribution in [0.5, 0.6) is 0 Å². The molecule has 0 amide bonds. The molecule has 0 aliphatic heterocycles. The quantitative estimate of drug-likeness (QED) is 0.653. The standard InChI is InChI=1S/C10H11NS/c1-7(2)8-3-4-9-10(5-8)12-6-11-9/h3-7H,1-2H3/i4T. The Bertz CT molecular complexity index is 433. The third-order valence-corrected chi connectivity index (χ3v) is 2.71. The van der Waals surface area contributed by atoms with Crippen molar-refractivity contribution in [1.82, 2.24) is 4.98 Å². The molecule has 2 heteroatoms. The molecular weight excluding hydrogens is 166 g/mol. The highest BCUT2D eigenvalue weighted by atomic mass is 32.1. The molecule has 2 aromatic rings. The summed E-state index contributed by atoms with van der Waals surface area (Å²) in [6.45, 7) is 4.28. The Kier molecular flexibility index (Phi) is 1.58. The monoisotopic (exact) mass is 179 g/mol. The SMILES string of the molecule is [3H]c1cc(C(C)C)cc2scnc12. The van der Waals surface area contributed by atoms with Crippen LogP contribution in [0.15, 0.2) is 23.7 Å². The van der Waals surface area contributed by atoms with Crippen LogP contribution in [0, 0.1) is 0 Å². The molecule has 0 radical (unpaired) electrons. The Morgan fingerprint density at radius 3 is 3.17 bits per heavy atom. The minimum atomic E-state index is 0.482. The summed E-state index contributed by atoms with van der Waals surface area (Å²) in [6, 6.07) is 4.59. The van der Waals surface area contributed by atoms with E-state index in [1.54, 1.807) is 16.8 Å². The highest BCUT2D eigenvalue weighted by Crippen LogP contribution is 2.23. The van der Waals surface area contributed by atoms with Crippen LogP contribution in [0.25, 0.3) is 10.2 Å². The lowest BCUT2D eigenvalue weighted by molar-refractivity contribution is 0.869. The fraction of sp³-hybridized carbons (Fsp3) is 0.300. The number of aromatic nitrogens is 1. The van der Waals surface area contributed by atoms with Crippen molar-refractivity contribution in [2.45, 2.75) is 19.8 Å². The number of thiazole rings is 1. The first-order valence-electron chi connectivity index (χ1n) is 4.52. The van der Waals surface area contributed by atoms with Gasteiger partial charge in [0.2, 0.25) is 0 Å². The maximum absolute atomic E-state index is 7.76. The average Bonchev–Trinajstić information content (AvgIpc) is 2.51.